The molecule has 0 N–H and O–H groups in total. The van der Waals surface area contributed by atoms with E-state index in [1.54, 1.807) is 55.3 Å². The summed E-state index contributed by atoms with van der Waals surface area (Å²) in [6.45, 7) is 18.8. The average Bonchev–Trinajstić information content (AvgIpc) is 0.717. The Morgan fingerprint density at radius 1 is 0.0923 bits per heavy atom. The minimum absolute atomic E-state index is 1.02. The molecule has 0 bridgehead atoms. The lowest BCUT2D eigenvalue weighted by Crippen LogP contribution is -2.17. The van der Waals surface area contributed by atoms with Crippen molar-refractivity contribution in [2.45, 2.75) is 466 Å². The molecule has 0 fully saturated rings. The molecule has 130 heavy (non-hydrogen) atoms. The molecule has 0 heteroatoms. The Balaban J connectivity index is 1.27. The van der Waals surface area contributed by atoms with Gasteiger partial charge in [-0.3, -0.25) is 0 Å². The summed E-state index contributed by atoms with van der Waals surface area (Å²) in [5.74, 6) is 0. The number of aryl methyl sites for hydroxylation is 20. The maximum atomic E-state index is 2.57. The van der Waals surface area contributed by atoms with E-state index in [0.29, 0.717) is 0 Å². The lowest BCUT2D eigenvalue weighted by molar-refractivity contribution is 0.632. The van der Waals surface area contributed by atoms with Gasteiger partial charge in [-0.05, 0) is 350 Å². The van der Waals surface area contributed by atoms with Gasteiger partial charge in [0.05, 0.1) is 0 Å². The van der Waals surface area contributed by atoms with E-state index in [1.807, 2.05) is 0 Å². The summed E-state index contributed by atoms with van der Waals surface area (Å²) in [5.41, 5.74) is 37.4. The average molecular weight is 1750 g/mol. The summed E-state index contributed by atoms with van der Waals surface area (Å²) >= 11 is 0. The third-order valence-corrected chi connectivity index (χ3v) is 29.7. The summed E-state index contributed by atoms with van der Waals surface area (Å²) in [6, 6.07) is 81.4. The van der Waals surface area contributed by atoms with Crippen molar-refractivity contribution in [2.24, 2.45) is 0 Å². The summed E-state index contributed by atoms with van der Waals surface area (Å²) in [7, 11) is 0. The molecular formula is C130H184. The maximum absolute atomic E-state index is 2.57. The maximum Gasteiger partial charge on any atom is -0.0108 e. The summed E-state index contributed by atoms with van der Waals surface area (Å²) in [5, 5.41) is 3.32. The topological polar surface area (TPSA) is 0 Å². The van der Waals surface area contributed by atoms with E-state index in [-0.39, 0.29) is 0 Å². The van der Waals surface area contributed by atoms with E-state index in [2.05, 4.69) is 250 Å². The predicted octanol–water partition coefficient (Wildman–Crippen LogP) is 37.2. The van der Waals surface area contributed by atoms with Crippen LogP contribution in [0.2, 0.25) is 0 Å². The van der Waals surface area contributed by atoms with E-state index in [9.17, 15) is 0 Å². The normalized spacial score (nSPS) is 11.7. The molecule has 0 aliphatic carbocycles. The zero-order chi connectivity index (χ0) is 90.9. The number of benzene rings is 10. The molecular weight excluding hydrogens is 1560 g/mol. The molecule has 0 saturated carbocycles. The van der Waals surface area contributed by atoms with Crippen LogP contribution in [0, 0.1) is 0 Å². The number of hydrogen-bond acceptors (Lipinski definition) is 0. The Morgan fingerprint density at radius 2 is 0.185 bits per heavy atom. The van der Waals surface area contributed by atoms with Crippen LogP contribution in [0.3, 0.4) is 0 Å². The Kier molecular flexibility index (Phi) is 51.1. The molecule has 0 nitrogen and oxygen atoms in total. The zero-order valence-corrected chi connectivity index (χ0v) is 84.7. The quantitative estimate of drug-likeness (QED) is 0.0333. The standard InChI is InChI=1S/C130H184/c1-9-17-25-33-41-49-105-57-73-113(74-58-105)89-97-121-122(98-90-114-75-59-106(60-76-114)50-42-34-26-18-10-2)126(102-94-118-83-67-110(68-84-118)54-46-38-30-22-14-6)130-128(104-96-120-87-71-112(72-88-120)56-48-40-32-24-16-8)124(100-92-116-79-63-108(64-80-116)52-44-36-28-20-12-4)123(99-91-115-77-61-107(62-78-115)51-43-35-27-19-11-3)127(103-95-119-85-69-111(70-86-119)55-47-39-31-23-15-7)129(130)125(121)101-93-117-81-65-109(66-82-117)53-45-37-29-21-13-5/h57-88H,9-56,89-104H2,1-8H3. The van der Waals surface area contributed by atoms with Crippen LogP contribution in [0.5, 0.6) is 0 Å². The van der Waals surface area contributed by atoms with E-state index in [4.69, 9.17) is 0 Å². The number of rotatable bonds is 72. The van der Waals surface area contributed by atoms with Gasteiger partial charge in [-0.1, -0.05) is 455 Å². The molecule has 0 aliphatic heterocycles. The minimum atomic E-state index is 1.02. The van der Waals surface area contributed by atoms with Crippen LogP contribution < -0.4 is 0 Å². The summed E-state index contributed by atoms with van der Waals surface area (Å²) in [4.78, 5) is 0. The molecule has 0 atom stereocenters. The molecule has 704 valence electrons. The second-order valence-electron chi connectivity index (χ2n) is 40.4. The van der Waals surface area contributed by atoms with Crippen molar-refractivity contribution in [3.8, 4) is 0 Å². The van der Waals surface area contributed by atoms with Crippen LogP contribution in [-0.4, -0.2) is 0 Å². The zero-order valence-electron chi connectivity index (χ0n) is 84.7. The summed E-state index contributed by atoms with van der Waals surface area (Å²) < 4.78 is 0. The molecule has 10 aromatic carbocycles. The van der Waals surface area contributed by atoms with Crippen LogP contribution in [0.4, 0.5) is 0 Å². The third kappa shape index (κ3) is 38.1. The number of fused-ring (bicyclic) bond motifs is 1. The monoisotopic (exact) mass is 1750 g/mol. The third-order valence-electron chi connectivity index (χ3n) is 29.7. The minimum Gasteiger partial charge on any atom is -0.0654 e. The first kappa shape index (κ1) is 105. The lowest BCUT2D eigenvalue weighted by Gasteiger charge is -2.31. The van der Waals surface area contributed by atoms with Gasteiger partial charge in [0.15, 0.2) is 0 Å². The fraction of sp³-hybridized carbons (Fsp3) is 0.554. The Hall–Kier alpha value is -7.54. The van der Waals surface area contributed by atoms with Gasteiger partial charge in [-0.15, -0.1) is 0 Å². The fourth-order valence-corrected chi connectivity index (χ4v) is 21.2. The SMILES string of the molecule is CCCCCCCc1ccc(CCc2c(CCc3ccc(CCCCCCC)cc3)c(CCc3ccc(CCCCCCC)cc3)c3c(CCc4ccc(CCCCCCC)cc4)c(CCc4ccc(CCCCCCC)cc4)c(CCc4ccc(CCCCCCC)cc4)c(CCc4ccc(CCCCCCC)cc4)c3c2CCc2ccc(CCCCCCC)cc2)cc1. The molecule has 10 rings (SSSR count). The molecule has 0 aliphatic rings. The highest BCUT2D eigenvalue weighted by Crippen LogP contribution is 2.45. The first-order valence-electron chi connectivity index (χ1n) is 55.5. The highest BCUT2D eigenvalue weighted by atomic mass is 14.3. The Bertz CT molecular complexity index is 3990. The Labute approximate surface area is 799 Å². The van der Waals surface area contributed by atoms with Crippen molar-refractivity contribution in [1.29, 1.82) is 0 Å². The molecule has 0 radical (unpaired) electrons. The van der Waals surface area contributed by atoms with Gasteiger partial charge >= 0.3 is 0 Å². The van der Waals surface area contributed by atoms with E-state index < -0.39 is 0 Å². The van der Waals surface area contributed by atoms with Crippen molar-refractivity contribution < 1.29 is 0 Å². The fourth-order valence-electron chi connectivity index (χ4n) is 21.2. The number of hydrogen-bond donors (Lipinski definition) is 0. The van der Waals surface area contributed by atoms with E-state index in [0.717, 1.165) is 103 Å². The van der Waals surface area contributed by atoms with Crippen molar-refractivity contribution in [2.75, 3.05) is 0 Å². The number of unbranched alkanes of at least 4 members (excludes halogenated alkanes) is 32. The van der Waals surface area contributed by atoms with Gasteiger partial charge in [0.1, 0.15) is 0 Å². The van der Waals surface area contributed by atoms with E-state index >= 15 is 0 Å². The largest absolute Gasteiger partial charge is 0.0654 e. The Morgan fingerprint density at radius 3 is 0.292 bits per heavy atom. The van der Waals surface area contributed by atoms with Gasteiger partial charge < -0.3 is 0 Å². The molecule has 0 aromatic heterocycles. The molecule has 0 heterocycles. The van der Waals surface area contributed by atoms with Crippen LogP contribution in [0.25, 0.3) is 10.8 Å². The van der Waals surface area contributed by atoms with Crippen molar-refractivity contribution >= 4 is 10.8 Å². The van der Waals surface area contributed by atoms with Gasteiger partial charge in [0, 0.05) is 0 Å². The van der Waals surface area contributed by atoms with Crippen LogP contribution in [0.15, 0.2) is 194 Å². The van der Waals surface area contributed by atoms with Crippen molar-refractivity contribution in [3.63, 3.8) is 0 Å². The van der Waals surface area contributed by atoms with Crippen LogP contribution in [0.1, 0.15) is 446 Å². The van der Waals surface area contributed by atoms with Crippen molar-refractivity contribution in [1.82, 2.24) is 0 Å². The lowest BCUT2D eigenvalue weighted by atomic mass is 9.73. The predicted molar refractivity (Wildman–Crippen MR) is 574 cm³/mol. The van der Waals surface area contributed by atoms with Gasteiger partial charge in [-0.25, -0.2) is 0 Å². The van der Waals surface area contributed by atoms with Crippen LogP contribution >= 0.6 is 0 Å². The highest BCUT2D eigenvalue weighted by molar-refractivity contribution is 5.99. The van der Waals surface area contributed by atoms with Gasteiger partial charge in [0.25, 0.3) is 0 Å². The van der Waals surface area contributed by atoms with E-state index in [1.165, 1.54) is 397 Å². The summed E-state index contributed by atoms with van der Waals surface area (Å²) in [6.07, 6.45) is 78.4. The van der Waals surface area contributed by atoms with Gasteiger partial charge in [0.2, 0.25) is 0 Å². The molecule has 0 amide bonds. The van der Waals surface area contributed by atoms with Crippen LogP contribution in [-0.2, 0) is 154 Å². The second-order valence-corrected chi connectivity index (χ2v) is 40.4. The van der Waals surface area contributed by atoms with Crippen molar-refractivity contribution in [3.05, 3.63) is 328 Å². The molecule has 0 unspecified atom stereocenters. The first-order chi connectivity index (χ1) is 64.2. The second kappa shape index (κ2) is 63.6. The van der Waals surface area contributed by atoms with Gasteiger partial charge in [-0.2, -0.15) is 0 Å². The molecule has 10 aromatic rings. The first-order valence-corrected chi connectivity index (χ1v) is 55.5. The molecule has 0 spiro atoms. The smallest absolute Gasteiger partial charge is 0.0108 e. The highest BCUT2D eigenvalue weighted by Gasteiger charge is 2.29. The molecule has 0 saturated heterocycles.